The average Bonchev–Trinajstić information content (AvgIpc) is 2.63. The van der Waals surface area contributed by atoms with Crippen LogP contribution < -0.4 is 0 Å². The largest absolute Gasteiger partial charge is 0.465 e. The van der Waals surface area contributed by atoms with Gasteiger partial charge in [-0.05, 0) is 6.07 Å². The molecule has 1 aliphatic rings. The number of nitrogens with zero attached hydrogens (tertiary/aromatic N) is 1. The summed E-state index contributed by atoms with van der Waals surface area (Å²) in [6.45, 7) is 1.07. The van der Waals surface area contributed by atoms with Crippen molar-refractivity contribution < 1.29 is 14.3 Å². The molecule has 0 spiro atoms. The standard InChI is InChI=1S/C9H9NO3/c1-12-9(11)6-2-7-4-13-5-8(7)10-3-6/h2-3H,4-5H2,1H3. The maximum atomic E-state index is 11.1. The highest BCUT2D eigenvalue weighted by atomic mass is 16.5. The minimum Gasteiger partial charge on any atom is -0.465 e. The second-order valence-corrected chi connectivity index (χ2v) is 2.81. The van der Waals surface area contributed by atoms with E-state index in [1.54, 1.807) is 6.07 Å². The summed E-state index contributed by atoms with van der Waals surface area (Å²) in [6.07, 6.45) is 1.51. The second-order valence-electron chi connectivity index (χ2n) is 2.81. The average molecular weight is 179 g/mol. The molecule has 2 rings (SSSR count). The van der Waals surface area contributed by atoms with Crippen molar-refractivity contribution in [2.45, 2.75) is 13.2 Å². The van der Waals surface area contributed by atoms with Gasteiger partial charge in [0.1, 0.15) is 0 Å². The number of hydrogen-bond donors (Lipinski definition) is 0. The molecule has 0 amide bonds. The first-order chi connectivity index (χ1) is 6.31. The molecule has 2 heterocycles. The Morgan fingerprint density at radius 1 is 1.62 bits per heavy atom. The van der Waals surface area contributed by atoms with E-state index in [1.165, 1.54) is 13.3 Å². The Morgan fingerprint density at radius 3 is 3.23 bits per heavy atom. The molecule has 0 unspecified atom stereocenters. The van der Waals surface area contributed by atoms with Gasteiger partial charge >= 0.3 is 5.97 Å². The Bertz CT molecular complexity index is 349. The second kappa shape index (κ2) is 3.14. The number of fused-ring (bicyclic) bond motifs is 1. The lowest BCUT2D eigenvalue weighted by Crippen LogP contribution is -2.03. The number of carbonyl (C=O) groups excluding carboxylic acids is 1. The van der Waals surface area contributed by atoms with Crippen LogP contribution in [-0.4, -0.2) is 18.1 Å². The maximum Gasteiger partial charge on any atom is 0.339 e. The monoisotopic (exact) mass is 179 g/mol. The molecule has 0 saturated carbocycles. The van der Waals surface area contributed by atoms with Crippen LogP contribution in [0.1, 0.15) is 21.6 Å². The van der Waals surface area contributed by atoms with Gasteiger partial charge in [-0.2, -0.15) is 0 Å². The van der Waals surface area contributed by atoms with E-state index in [9.17, 15) is 4.79 Å². The molecular weight excluding hydrogens is 170 g/mol. The third-order valence-corrected chi connectivity index (χ3v) is 1.98. The molecule has 0 aromatic carbocycles. The number of rotatable bonds is 1. The normalized spacial score (nSPS) is 13.9. The minimum atomic E-state index is -0.359. The van der Waals surface area contributed by atoms with Gasteiger partial charge in [-0.3, -0.25) is 4.98 Å². The zero-order chi connectivity index (χ0) is 9.26. The van der Waals surface area contributed by atoms with Crippen LogP contribution >= 0.6 is 0 Å². The van der Waals surface area contributed by atoms with Crippen LogP contribution in [-0.2, 0) is 22.7 Å². The van der Waals surface area contributed by atoms with E-state index in [0.29, 0.717) is 18.8 Å². The first-order valence-corrected chi connectivity index (χ1v) is 3.95. The zero-order valence-corrected chi connectivity index (χ0v) is 7.24. The molecule has 4 nitrogen and oxygen atoms in total. The van der Waals surface area contributed by atoms with Gasteiger partial charge in [0.25, 0.3) is 0 Å². The first kappa shape index (κ1) is 8.19. The summed E-state index contributed by atoms with van der Waals surface area (Å²) in [5.41, 5.74) is 2.36. The van der Waals surface area contributed by atoms with Crippen LogP contribution in [0, 0.1) is 0 Å². The summed E-state index contributed by atoms with van der Waals surface area (Å²) in [5, 5.41) is 0. The van der Waals surface area contributed by atoms with Gasteiger partial charge in [0, 0.05) is 11.8 Å². The van der Waals surface area contributed by atoms with E-state index in [0.717, 1.165) is 11.3 Å². The number of pyridine rings is 1. The molecule has 0 bridgehead atoms. The molecule has 0 radical (unpaired) electrons. The van der Waals surface area contributed by atoms with Crippen molar-refractivity contribution in [3.05, 3.63) is 29.1 Å². The van der Waals surface area contributed by atoms with Crippen molar-refractivity contribution in [1.82, 2.24) is 4.98 Å². The summed E-state index contributed by atoms with van der Waals surface area (Å²) in [4.78, 5) is 15.2. The Morgan fingerprint density at radius 2 is 2.46 bits per heavy atom. The van der Waals surface area contributed by atoms with Crippen LogP contribution in [0.4, 0.5) is 0 Å². The SMILES string of the molecule is COC(=O)c1cnc2c(c1)COC2. The fraction of sp³-hybridized carbons (Fsp3) is 0.333. The van der Waals surface area contributed by atoms with Crippen LogP contribution in [0.25, 0.3) is 0 Å². The quantitative estimate of drug-likeness (QED) is 0.601. The van der Waals surface area contributed by atoms with E-state index in [2.05, 4.69) is 9.72 Å². The molecule has 0 aliphatic carbocycles. The number of hydrogen-bond acceptors (Lipinski definition) is 4. The van der Waals surface area contributed by atoms with Gasteiger partial charge < -0.3 is 9.47 Å². The molecule has 0 N–H and O–H groups in total. The van der Waals surface area contributed by atoms with Gasteiger partial charge in [-0.15, -0.1) is 0 Å². The highest BCUT2D eigenvalue weighted by molar-refractivity contribution is 5.89. The molecule has 68 valence electrons. The smallest absolute Gasteiger partial charge is 0.339 e. The summed E-state index contributed by atoms with van der Waals surface area (Å²) >= 11 is 0. The fourth-order valence-electron chi connectivity index (χ4n) is 1.28. The van der Waals surface area contributed by atoms with Crippen molar-refractivity contribution >= 4 is 5.97 Å². The van der Waals surface area contributed by atoms with Gasteiger partial charge in [0.2, 0.25) is 0 Å². The van der Waals surface area contributed by atoms with Crippen molar-refractivity contribution in [2.24, 2.45) is 0 Å². The van der Waals surface area contributed by atoms with Crippen LogP contribution in [0.2, 0.25) is 0 Å². The minimum absolute atomic E-state index is 0.359. The number of aromatic nitrogens is 1. The zero-order valence-electron chi connectivity index (χ0n) is 7.24. The predicted octanol–water partition coefficient (Wildman–Crippen LogP) is 0.898. The third kappa shape index (κ3) is 1.40. The van der Waals surface area contributed by atoms with Crippen molar-refractivity contribution in [3.8, 4) is 0 Å². The molecule has 1 aliphatic heterocycles. The highest BCUT2D eigenvalue weighted by Gasteiger charge is 2.15. The van der Waals surface area contributed by atoms with E-state index >= 15 is 0 Å². The van der Waals surface area contributed by atoms with E-state index in [-0.39, 0.29) is 5.97 Å². The summed E-state index contributed by atoms with van der Waals surface area (Å²) in [6, 6.07) is 1.77. The van der Waals surface area contributed by atoms with Crippen molar-refractivity contribution in [3.63, 3.8) is 0 Å². The lowest BCUT2D eigenvalue weighted by Gasteiger charge is -2.00. The Hall–Kier alpha value is -1.42. The molecule has 0 saturated heterocycles. The lowest BCUT2D eigenvalue weighted by molar-refractivity contribution is 0.0600. The molecule has 13 heavy (non-hydrogen) atoms. The highest BCUT2D eigenvalue weighted by Crippen LogP contribution is 2.18. The van der Waals surface area contributed by atoms with Gasteiger partial charge in [-0.1, -0.05) is 0 Å². The Balaban J connectivity index is 2.36. The molecular formula is C9H9NO3. The van der Waals surface area contributed by atoms with Crippen molar-refractivity contribution in [1.29, 1.82) is 0 Å². The summed E-state index contributed by atoms with van der Waals surface area (Å²) in [5.74, 6) is -0.359. The molecule has 4 heteroatoms. The van der Waals surface area contributed by atoms with E-state index in [4.69, 9.17) is 4.74 Å². The van der Waals surface area contributed by atoms with Gasteiger partial charge in [-0.25, -0.2) is 4.79 Å². The van der Waals surface area contributed by atoms with Crippen LogP contribution in [0.3, 0.4) is 0 Å². The summed E-state index contributed by atoms with van der Waals surface area (Å²) < 4.78 is 9.74. The molecule has 0 atom stereocenters. The Labute approximate surface area is 75.5 Å². The van der Waals surface area contributed by atoms with Crippen LogP contribution in [0.5, 0.6) is 0 Å². The van der Waals surface area contributed by atoms with E-state index in [1.807, 2.05) is 0 Å². The fourth-order valence-corrected chi connectivity index (χ4v) is 1.28. The van der Waals surface area contributed by atoms with E-state index < -0.39 is 0 Å². The molecule has 0 fully saturated rings. The number of ether oxygens (including phenoxy) is 2. The van der Waals surface area contributed by atoms with Gasteiger partial charge in [0.15, 0.2) is 0 Å². The first-order valence-electron chi connectivity index (χ1n) is 3.95. The topological polar surface area (TPSA) is 48.4 Å². The lowest BCUT2D eigenvalue weighted by atomic mass is 10.2. The molecule has 1 aromatic heterocycles. The van der Waals surface area contributed by atoms with Gasteiger partial charge in [0.05, 0.1) is 31.6 Å². The number of carbonyl (C=O) groups is 1. The number of methoxy groups -OCH3 is 1. The van der Waals surface area contributed by atoms with Crippen molar-refractivity contribution in [2.75, 3.05) is 7.11 Å². The predicted molar refractivity (Wildman–Crippen MR) is 44.1 cm³/mol. The molecule has 1 aromatic rings. The number of esters is 1. The summed E-state index contributed by atoms with van der Waals surface area (Å²) in [7, 11) is 1.35. The Kier molecular flexibility index (Phi) is 1.98. The van der Waals surface area contributed by atoms with Crippen LogP contribution in [0.15, 0.2) is 12.3 Å². The third-order valence-electron chi connectivity index (χ3n) is 1.98. The maximum absolute atomic E-state index is 11.1.